The molecule has 1 aliphatic rings. The second-order valence-corrected chi connectivity index (χ2v) is 12.0. The molecule has 3 N–H and O–H groups in total. The Morgan fingerprint density at radius 3 is 1.81 bits per heavy atom. The topological polar surface area (TPSA) is 148 Å². The number of carbonyl (C=O) groups is 2. The molecular weight excluding hydrogens is 552 g/mol. The van der Waals surface area contributed by atoms with Crippen molar-refractivity contribution in [2.75, 3.05) is 6.61 Å². The van der Waals surface area contributed by atoms with E-state index in [2.05, 4.69) is 18.8 Å². The summed E-state index contributed by atoms with van der Waals surface area (Å²) in [4.78, 5) is 52.9. The zero-order valence-corrected chi connectivity index (χ0v) is 26.5. The van der Waals surface area contributed by atoms with Crippen LogP contribution in [0.3, 0.4) is 0 Å². The Balaban J connectivity index is 2.03. The number of nitrogens with one attached hydrogen (secondary N) is 1. The molecule has 1 saturated heterocycles. The molecule has 0 unspecified atom stereocenters. The third-order valence-electron chi connectivity index (χ3n) is 8.43. The van der Waals surface area contributed by atoms with E-state index in [1.165, 1.54) is 57.8 Å². The zero-order valence-electron chi connectivity index (χ0n) is 26.5. The van der Waals surface area contributed by atoms with Gasteiger partial charge < -0.3 is 19.7 Å². The lowest BCUT2D eigenvalue weighted by molar-refractivity contribution is -0.173. The van der Waals surface area contributed by atoms with Gasteiger partial charge in [-0.25, -0.2) is 4.79 Å². The normalized spacial score (nSPS) is 21.7. The Labute approximate surface area is 256 Å². The van der Waals surface area contributed by atoms with Crippen LogP contribution in [0, 0.1) is 0 Å². The van der Waals surface area contributed by atoms with E-state index in [1.54, 1.807) is 0 Å². The molecule has 1 aromatic heterocycles. The fourth-order valence-corrected chi connectivity index (χ4v) is 5.83. The fourth-order valence-electron chi connectivity index (χ4n) is 5.83. The quantitative estimate of drug-likeness (QED) is 0.103. The summed E-state index contributed by atoms with van der Waals surface area (Å²) in [6, 6.07) is 1.08. The van der Waals surface area contributed by atoms with Gasteiger partial charge in [-0.05, 0) is 12.8 Å². The van der Waals surface area contributed by atoms with E-state index in [1.807, 2.05) is 0 Å². The maximum Gasteiger partial charge on any atom is 0.330 e. The molecule has 1 fully saturated rings. The fraction of sp³-hybridized carbons (Fsp3) is 0.818. The van der Waals surface area contributed by atoms with Gasteiger partial charge in [-0.2, -0.15) is 0 Å². The van der Waals surface area contributed by atoms with Crippen molar-refractivity contribution >= 4 is 11.8 Å². The van der Waals surface area contributed by atoms with Crippen molar-refractivity contribution < 1.29 is 29.3 Å². The van der Waals surface area contributed by atoms with E-state index in [4.69, 9.17) is 9.47 Å². The van der Waals surface area contributed by atoms with Crippen LogP contribution in [-0.4, -0.2) is 55.9 Å². The van der Waals surface area contributed by atoms with E-state index in [-0.39, 0.29) is 12.8 Å². The highest BCUT2D eigenvalue weighted by molar-refractivity contribution is 5.89. The number of rotatable bonds is 24. The summed E-state index contributed by atoms with van der Waals surface area (Å²) in [5.74, 6) is -1.23. The first-order valence-electron chi connectivity index (χ1n) is 16.8. The molecule has 10 heteroatoms. The predicted molar refractivity (Wildman–Crippen MR) is 166 cm³/mol. The second kappa shape index (κ2) is 20.6. The molecule has 10 nitrogen and oxygen atoms in total. The Hall–Kier alpha value is -2.30. The van der Waals surface area contributed by atoms with Crippen LogP contribution in [-0.2, 0) is 19.1 Å². The maximum absolute atomic E-state index is 13.6. The highest BCUT2D eigenvalue weighted by Gasteiger charge is 2.63. The molecule has 0 spiro atoms. The molecule has 0 aromatic carbocycles. The molecule has 0 saturated carbocycles. The number of ketones is 1. The van der Waals surface area contributed by atoms with E-state index < -0.39 is 53.6 Å². The summed E-state index contributed by atoms with van der Waals surface area (Å²) >= 11 is 0. The number of aliphatic hydroxyl groups excluding tert-OH is 1. The molecule has 2 heterocycles. The van der Waals surface area contributed by atoms with Gasteiger partial charge in [0.25, 0.3) is 5.56 Å². The van der Waals surface area contributed by atoms with Crippen molar-refractivity contribution in [2.45, 2.75) is 166 Å². The molecule has 0 amide bonds. The third kappa shape index (κ3) is 12.0. The number of H-pyrrole nitrogens is 1. The molecule has 0 aliphatic carbocycles. The van der Waals surface area contributed by atoms with Crippen LogP contribution in [0.15, 0.2) is 21.9 Å². The summed E-state index contributed by atoms with van der Waals surface area (Å²) in [5, 5.41) is 22.0. The number of aromatic amines is 1. The summed E-state index contributed by atoms with van der Waals surface area (Å²) in [7, 11) is 0. The van der Waals surface area contributed by atoms with E-state index >= 15 is 0 Å². The van der Waals surface area contributed by atoms with E-state index in [0.717, 1.165) is 61.8 Å². The summed E-state index contributed by atoms with van der Waals surface area (Å²) in [6.07, 6.45) is 16.1. The number of ether oxygens (including phenoxy) is 2. The molecule has 0 radical (unpaired) electrons. The lowest BCUT2D eigenvalue weighted by atomic mass is 9.86. The van der Waals surface area contributed by atoms with Gasteiger partial charge in [0.15, 0.2) is 18.1 Å². The first-order chi connectivity index (χ1) is 20.8. The number of carbonyl (C=O) groups excluding carboxylic acids is 2. The summed E-state index contributed by atoms with van der Waals surface area (Å²) < 4.78 is 12.4. The Bertz CT molecular complexity index is 1050. The Kier molecular flexibility index (Phi) is 17.7. The van der Waals surface area contributed by atoms with Crippen molar-refractivity contribution in [3.63, 3.8) is 0 Å². The highest BCUT2D eigenvalue weighted by atomic mass is 16.6. The number of hydrogen-bond donors (Lipinski definition) is 3. The lowest BCUT2D eigenvalue weighted by Gasteiger charge is -2.32. The van der Waals surface area contributed by atoms with Crippen LogP contribution in [0.1, 0.15) is 148 Å². The van der Waals surface area contributed by atoms with Gasteiger partial charge in [-0.1, -0.05) is 117 Å². The highest BCUT2D eigenvalue weighted by Crippen LogP contribution is 2.41. The minimum Gasteiger partial charge on any atom is -0.456 e. The van der Waals surface area contributed by atoms with Gasteiger partial charge in [0.1, 0.15) is 6.10 Å². The molecular formula is C33H56N2O8. The smallest absolute Gasteiger partial charge is 0.330 e. The van der Waals surface area contributed by atoms with Gasteiger partial charge in [-0.3, -0.25) is 23.9 Å². The predicted octanol–water partition coefficient (Wildman–Crippen LogP) is 5.48. The molecule has 1 aromatic rings. The monoisotopic (exact) mass is 608 g/mol. The largest absolute Gasteiger partial charge is 0.456 e. The number of hydrogen-bond acceptors (Lipinski definition) is 8. The van der Waals surface area contributed by atoms with Gasteiger partial charge >= 0.3 is 11.7 Å². The lowest BCUT2D eigenvalue weighted by Crippen LogP contribution is -2.56. The van der Waals surface area contributed by atoms with Crippen LogP contribution < -0.4 is 11.2 Å². The number of Topliss-reactive ketones (excluding diaryl/α,β-unsaturated/α-hetero) is 1. The number of nitrogens with zero attached hydrogens (tertiary/aromatic N) is 1. The van der Waals surface area contributed by atoms with Crippen LogP contribution >= 0.6 is 0 Å². The van der Waals surface area contributed by atoms with Crippen molar-refractivity contribution in [1.29, 1.82) is 0 Å². The maximum atomic E-state index is 13.6. The number of aromatic nitrogens is 2. The van der Waals surface area contributed by atoms with Crippen molar-refractivity contribution in [3.05, 3.63) is 33.1 Å². The van der Waals surface area contributed by atoms with Crippen LogP contribution in [0.5, 0.6) is 0 Å². The minimum atomic E-state index is -2.41. The first kappa shape index (κ1) is 36.9. The average molecular weight is 609 g/mol. The second-order valence-electron chi connectivity index (χ2n) is 12.0. The number of aliphatic hydroxyl groups is 2. The summed E-state index contributed by atoms with van der Waals surface area (Å²) in [5.41, 5.74) is -3.94. The van der Waals surface area contributed by atoms with Crippen LogP contribution in [0.25, 0.3) is 0 Å². The molecule has 43 heavy (non-hydrogen) atoms. The minimum absolute atomic E-state index is 0.00520. The van der Waals surface area contributed by atoms with Gasteiger partial charge in [-0.15, -0.1) is 0 Å². The Morgan fingerprint density at radius 1 is 0.837 bits per heavy atom. The summed E-state index contributed by atoms with van der Waals surface area (Å²) in [6.45, 7) is 3.74. The zero-order chi connectivity index (χ0) is 31.5. The molecule has 1 aliphatic heterocycles. The van der Waals surface area contributed by atoms with Gasteiger partial charge in [0, 0.05) is 25.1 Å². The number of esters is 1. The SMILES string of the molecule is CCCCCCCCCCCC(=O)O[C@@H]1[C@@H](CO)O[C@@H](n2ccc(=O)[nH]c2=O)[C@@]1(O)C(=O)CCCCCCCCCCC. The van der Waals surface area contributed by atoms with E-state index in [0.29, 0.717) is 12.8 Å². The first-order valence-corrected chi connectivity index (χ1v) is 16.8. The van der Waals surface area contributed by atoms with Crippen LogP contribution in [0.2, 0.25) is 0 Å². The standard InChI is InChI=1S/C33H56N2O8/c1-3-5-7-9-11-13-15-17-19-21-27(37)33(41)30(43-29(39)22-20-18-16-14-12-10-8-6-4-2)26(25-36)42-31(33)35-24-23-28(38)34-32(35)40/h23-24,26,30-31,36,41H,3-22,25H2,1-2H3,(H,34,38,40)/t26-,30-,31-,33-/m1/s1. The van der Waals surface area contributed by atoms with Crippen molar-refractivity contribution in [3.8, 4) is 0 Å². The van der Waals surface area contributed by atoms with Crippen LogP contribution in [0.4, 0.5) is 0 Å². The van der Waals surface area contributed by atoms with Crippen molar-refractivity contribution in [1.82, 2.24) is 9.55 Å². The molecule has 4 atom stereocenters. The average Bonchev–Trinajstić information content (AvgIpc) is 3.27. The Morgan fingerprint density at radius 2 is 1.33 bits per heavy atom. The van der Waals surface area contributed by atoms with E-state index in [9.17, 15) is 29.4 Å². The molecule has 2 rings (SSSR count). The van der Waals surface area contributed by atoms with Gasteiger partial charge in [0.05, 0.1) is 6.61 Å². The van der Waals surface area contributed by atoms with Crippen molar-refractivity contribution in [2.24, 2.45) is 0 Å². The molecule has 0 bridgehead atoms. The number of unbranched alkanes of at least 4 members (excludes halogenated alkanes) is 16. The van der Waals surface area contributed by atoms with Gasteiger partial charge in [0.2, 0.25) is 5.60 Å². The molecule has 246 valence electrons. The third-order valence-corrected chi connectivity index (χ3v) is 8.43.